The van der Waals surface area contributed by atoms with Crippen molar-refractivity contribution in [3.05, 3.63) is 25.3 Å². The van der Waals surface area contributed by atoms with Gasteiger partial charge in [0.2, 0.25) is 0 Å². The fourth-order valence-electron chi connectivity index (χ4n) is 4.33. The van der Waals surface area contributed by atoms with E-state index >= 15 is 0 Å². The molecule has 396 valence electrons. The Bertz CT molecular complexity index is 2120. The van der Waals surface area contributed by atoms with Crippen molar-refractivity contribution >= 4 is 80.9 Å². The van der Waals surface area contributed by atoms with Crippen LogP contribution < -0.4 is 11.5 Å². The standard InChI is InChI=1S/2C10H13N5O4.6H3O4P/c2*11-8-5-9(13-2-12-8)15(3-14-5)10-7(18)6(17)4(1-16)19-10;6*1-5(2,3)4/h2*2-4,6-7,10,16-18H,1H2,(H2,11,12,13);6*(H3,1,2,3,4). The van der Waals surface area contributed by atoms with Gasteiger partial charge in [-0.2, -0.15) is 0 Å². The maximum atomic E-state index is 9.95. The van der Waals surface area contributed by atoms with Crippen molar-refractivity contribution in [3.63, 3.8) is 0 Å². The van der Waals surface area contributed by atoms with Gasteiger partial charge in [0.15, 0.2) is 35.4 Å². The maximum Gasteiger partial charge on any atom is 0.466 e. The van der Waals surface area contributed by atoms with Crippen molar-refractivity contribution in [2.45, 2.75) is 49.1 Å². The molecular weight excluding hydrogens is 1080 g/mol. The number of fused-ring (bicyclic) bond motifs is 2. The summed E-state index contributed by atoms with van der Waals surface area (Å²) >= 11 is 0. The second-order valence-corrected chi connectivity index (χ2v) is 17.9. The minimum atomic E-state index is -4.64. The van der Waals surface area contributed by atoms with Crippen LogP contribution in [0.15, 0.2) is 25.3 Å². The average molecular weight is 1120 g/mol. The molecule has 28 N–H and O–H groups in total. The Hall–Kier alpha value is -2.96. The molecule has 2 fully saturated rings. The molecule has 0 saturated carbocycles. The molecule has 0 aliphatic carbocycles. The van der Waals surface area contributed by atoms with Crippen molar-refractivity contribution < 1.29 is 156 Å². The van der Waals surface area contributed by atoms with Crippen LogP contribution in [0.3, 0.4) is 0 Å². The van der Waals surface area contributed by atoms with E-state index in [0.717, 1.165) is 0 Å². The number of nitrogens with two attached hydrogens (primary N) is 2. The van der Waals surface area contributed by atoms with Gasteiger partial charge in [0.05, 0.1) is 25.9 Å². The minimum absolute atomic E-state index is 0.218. The van der Waals surface area contributed by atoms with Crippen LogP contribution in [-0.2, 0) is 36.9 Å². The average Bonchev–Trinajstić information content (AvgIpc) is 3.86. The third kappa shape index (κ3) is 32.0. The number of nitrogens with zero attached hydrogens (tertiary/aromatic N) is 8. The van der Waals surface area contributed by atoms with E-state index in [-0.39, 0.29) is 11.6 Å². The fourth-order valence-corrected chi connectivity index (χ4v) is 4.33. The predicted octanol–water partition coefficient (Wildman–Crippen LogP) is -9.53. The summed E-state index contributed by atoms with van der Waals surface area (Å²) in [6.45, 7) is -0.781. The highest BCUT2D eigenvalue weighted by Crippen LogP contribution is 2.34. The summed E-state index contributed by atoms with van der Waals surface area (Å²) in [6.07, 6.45) is -2.85. The Morgan fingerprint density at radius 2 is 0.647 bits per heavy atom. The summed E-state index contributed by atoms with van der Waals surface area (Å²) in [7, 11) is -27.8. The predicted molar refractivity (Wildman–Crippen MR) is 211 cm³/mol. The Morgan fingerprint density at radius 3 is 0.838 bits per heavy atom. The van der Waals surface area contributed by atoms with Crippen LogP contribution >= 0.6 is 46.9 Å². The van der Waals surface area contributed by atoms with Gasteiger partial charge in [-0.15, -0.1) is 0 Å². The smallest absolute Gasteiger partial charge is 0.394 e. The third-order valence-corrected chi connectivity index (χ3v) is 6.36. The highest BCUT2D eigenvalue weighted by Gasteiger charge is 2.45. The molecule has 6 heterocycles. The molecule has 4 aromatic heterocycles. The number of ether oxygens (including phenoxy) is 2. The van der Waals surface area contributed by atoms with Gasteiger partial charge in [0.25, 0.3) is 0 Å². The number of hydrogen-bond donors (Lipinski definition) is 26. The van der Waals surface area contributed by atoms with Crippen molar-refractivity contribution in [1.29, 1.82) is 0 Å². The monoisotopic (exact) mass is 1120 g/mol. The summed E-state index contributed by atoms with van der Waals surface area (Å²) in [5, 5.41) is 57.5. The molecule has 6 rings (SSSR count). The summed E-state index contributed by atoms with van der Waals surface area (Å²) < 4.78 is 67.0. The quantitative estimate of drug-likeness (QED) is 0.0844. The number of aliphatic hydroxyl groups is 6. The first-order valence-electron chi connectivity index (χ1n) is 16.1. The number of phosphoric acid groups is 6. The van der Waals surface area contributed by atoms with Gasteiger partial charge < -0.3 is 140 Å². The molecule has 2 saturated heterocycles. The normalized spacial score (nSPS) is 22.6. The topological polar surface area (TPSA) is 746 Å². The van der Waals surface area contributed by atoms with Crippen LogP contribution in [0.2, 0.25) is 0 Å². The molecular formula is C20H44N10O32P6. The Balaban J connectivity index is 0. The lowest BCUT2D eigenvalue weighted by atomic mass is 10.1. The molecule has 2 aliphatic rings. The fraction of sp³-hybridized carbons (Fsp3) is 0.500. The molecule has 0 bridgehead atoms. The molecule has 0 amide bonds. The number of rotatable bonds is 4. The van der Waals surface area contributed by atoms with E-state index in [1.54, 1.807) is 0 Å². The molecule has 4 aromatic rings. The molecule has 0 aromatic carbocycles. The molecule has 0 radical (unpaired) electrons. The second kappa shape index (κ2) is 28.2. The zero-order valence-corrected chi connectivity index (χ0v) is 38.1. The van der Waals surface area contributed by atoms with Gasteiger partial charge in [-0.1, -0.05) is 0 Å². The molecule has 48 heteroatoms. The van der Waals surface area contributed by atoms with E-state index in [9.17, 15) is 20.4 Å². The van der Waals surface area contributed by atoms with E-state index < -0.39 is 109 Å². The van der Waals surface area contributed by atoms with Gasteiger partial charge in [-0.3, -0.25) is 9.13 Å². The van der Waals surface area contributed by atoms with Crippen LogP contribution in [0, 0.1) is 0 Å². The van der Waals surface area contributed by atoms with Crippen LogP contribution in [-0.4, -0.2) is 208 Å². The summed E-state index contributed by atoms with van der Waals surface area (Å²) in [5.41, 5.74) is 12.9. The maximum absolute atomic E-state index is 9.95. The third-order valence-electron chi connectivity index (χ3n) is 6.36. The van der Waals surface area contributed by atoms with Crippen molar-refractivity contribution in [2.75, 3.05) is 24.7 Å². The number of aromatic nitrogens is 8. The molecule has 2 aliphatic heterocycles. The van der Waals surface area contributed by atoms with E-state index in [4.69, 9.17) is 147 Å². The van der Waals surface area contributed by atoms with Crippen LogP contribution in [0.1, 0.15) is 12.5 Å². The zero-order valence-electron chi connectivity index (χ0n) is 32.8. The summed E-state index contributed by atoms with van der Waals surface area (Å²) in [6, 6.07) is 0. The van der Waals surface area contributed by atoms with Gasteiger partial charge in [-0.05, 0) is 0 Å². The van der Waals surface area contributed by atoms with E-state index in [1.807, 2.05) is 0 Å². The van der Waals surface area contributed by atoms with Gasteiger partial charge in [-0.25, -0.2) is 57.3 Å². The van der Waals surface area contributed by atoms with Gasteiger partial charge in [0.1, 0.15) is 60.3 Å². The van der Waals surface area contributed by atoms with E-state index in [0.29, 0.717) is 22.3 Å². The molecule has 42 nitrogen and oxygen atoms in total. The highest BCUT2D eigenvalue weighted by molar-refractivity contribution is 7.46. The minimum Gasteiger partial charge on any atom is -0.394 e. The zero-order chi connectivity index (χ0) is 54.1. The lowest BCUT2D eigenvalue weighted by molar-refractivity contribution is -0.0511. The first-order chi connectivity index (χ1) is 30.3. The first-order valence-corrected chi connectivity index (χ1v) is 25.5. The number of nitrogen functional groups attached to an aromatic ring is 2. The Labute approximate surface area is 374 Å². The Morgan fingerprint density at radius 1 is 0.426 bits per heavy atom. The molecule has 8 atom stereocenters. The molecule has 8 unspecified atom stereocenters. The summed E-state index contributed by atoms with van der Waals surface area (Å²) in [5.74, 6) is 0.436. The van der Waals surface area contributed by atoms with Crippen molar-refractivity contribution in [1.82, 2.24) is 39.0 Å². The van der Waals surface area contributed by atoms with E-state index in [1.165, 1.54) is 34.4 Å². The number of aliphatic hydroxyl groups excluding tert-OH is 6. The number of hydrogen-bond acceptors (Lipinski definition) is 22. The van der Waals surface area contributed by atoms with Crippen molar-refractivity contribution in [3.8, 4) is 0 Å². The number of imidazole rings is 2. The molecule has 68 heavy (non-hydrogen) atoms. The highest BCUT2D eigenvalue weighted by atomic mass is 31.2. The molecule has 0 spiro atoms. The SMILES string of the molecule is Nc1ncnc2c1ncn2C1OC(CO)C(O)C1O.Nc1ncnc2c1ncn2C1OC(CO)C(O)C1O.O=P(O)(O)O.O=P(O)(O)O.O=P(O)(O)O.O=P(O)(O)O.O=P(O)(O)O.O=P(O)(O)O. The van der Waals surface area contributed by atoms with Gasteiger partial charge >= 0.3 is 46.9 Å². The lowest BCUT2D eigenvalue weighted by Gasteiger charge is -2.16. The first kappa shape index (κ1) is 67.1. The second-order valence-electron chi connectivity index (χ2n) is 11.7. The number of anilines is 2. The van der Waals surface area contributed by atoms with Crippen LogP contribution in [0.5, 0.6) is 0 Å². The van der Waals surface area contributed by atoms with Crippen molar-refractivity contribution in [2.24, 2.45) is 0 Å². The van der Waals surface area contributed by atoms with Crippen LogP contribution in [0.25, 0.3) is 22.3 Å². The Kier molecular flexibility index (Phi) is 27.8. The lowest BCUT2D eigenvalue weighted by Crippen LogP contribution is -2.33. The van der Waals surface area contributed by atoms with E-state index in [2.05, 4.69) is 29.9 Å². The summed E-state index contributed by atoms with van der Waals surface area (Å²) in [4.78, 5) is 153. The van der Waals surface area contributed by atoms with Crippen LogP contribution in [0.4, 0.5) is 11.6 Å². The largest absolute Gasteiger partial charge is 0.466 e. The van der Waals surface area contributed by atoms with Gasteiger partial charge in [0, 0.05) is 0 Å².